The van der Waals surface area contributed by atoms with Crippen LogP contribution in [0.1, 0.15) is 10.5 Å². The quantitative estimate of drug-likeness (QED) is 0.424. The molecule has 1 N–H and O–H groups in total. The number of benzene rings is 3. The number of carbonyl (C=O) groups is 1. The molecule has 0 spiro atoms. The summed E-state index contributed by atoms with van der Waals surface area (Å²) in [6.45, 7) is 0. The average molecular weight is 499 g/mol. The lowest BCUT2D eigenvalue weighted by Gasteiger charge is -2.12. The Morgan fingerprint density at radius 3 is 2.29 bits per heavy atom. The minimum atomic E-state index is -0.399. The molecule has 3 aromatic carbocycles. The number of carbonyl (C=O) groups excluding carboxylic acids is 1. The normalized spacial score (nSPS) is 10.8. The van der Waals surface area contributed by atoms with Crippen molar-refractivity contribution in [2.75, 3.05) is 5.32 Å². The Bertz CT molecular complexity index is 1250. The van der Waals surface area contributed by atoms with Crippen LogP contribution in [0.4, 0.5) is 5.69 Å². The molecule has 0 aliphatic carbocycles. The van der Waals surface area contributed by atoms with Gasteiger partial charge in [0.15, 0.2) is 5.69 Å². The maximum atomic E-state index is 13.0. The smallest absolute Gasteiger partial charge is 0.279 e. The molecule has 0 saturated heterocycles. The van der Waals surface area contributed by atoms with Gasteiger partial charge in [-0.3, -0.25) is 9.59 Å². The molecule has 1 aromatic heterocycles. The SMILES string of the molecule is O=C(Nc1ccc(Br)cc1Br)c1nn(-c2ccccc2)c(=O)c2ccccc12. The molecule has 0 radical (unpaired) electrons. The van der Waals surface area contributed by atoms with Crippen molar-refractivity contribution in [1.29, 1.82) is 0 Å². The molecule has 4 aromatic rings. The van der Waals surface area contributed by atoms with Gasteiger partial charge in [-0.25, -0.2) is 0 Å². The molecule has 138 valence electrons. The first-order valence-corrected chi connectivity index (χ1v) is 9.97. The van der Waals surface area contributed by atoms with Crippen molar-refractivity contribution in [1.82, 2.24) is 9.78 Å². The molecule has 0 saturated carbocycles. The second-order valence-corrected chi connectivity index (χ2v) is 7.80. The number of hydrogen-bond acceptors (Lipinski definition) is 3. The van der Waals surface area contributed by atoms with Crippen LogP contribution < -0.4 is 10.9 Å². The van der Waals surface area contributed by atoms with E-state index in [1.165, 1.54) is 4.68 Å². The van der Waals surface area contributed by atoms with E-state index in [0.717, 1.165) is 8.95 Å². The Balaban J connectivity index is 1.87. The fourth-order valence-corrected chi connectivity index (χ4v) is 4.02. The van der Waals surface area contributed by atoms with Crippen molar-refractivity contribution in [3.05, 3.63) is 97.8 Å². The van der Waals surface area contributed by atoms with Gasteiger partial charge in [-0.2, -0.15) is 9.78 Å². The van der Waals surface area contributed by atoms with Gasteiger partial charge < -0.3 is 5.32 Å². The minimum absolute atomic E-state index is 0.175. The Labute approximate surface area is 177 Å². The number of aromatic nitrogens is 2. The van der Waals surface area contributed by atoms with Crippen molar-refractivity contribution in [2.24, 2.45) is 0 Å². The fourth-order valence-electron chi connectivity index (χ4n) is 2.87. The summed E-state index contributed by atoms with van der Waals surface area (Å²) in [5.74, 6) is -0.399. The molecular formula is C21H13Br2N3O2. The minimum Gasteiger partial charge on any atom is -0.320 e. The molecule has 4 rings (SSSR count). The number of nitrogens with zero attached hydrogens (tertiary/aromatic N) is 2. The number of rotatable bonds is 3. The third-order valence-electron chi connectivity index (χ3n) is 4.20. The fraction of sp³-hybridized carbons (Fsp3) is 0. The number of hydrogen-bond donors (Lipinski definition) is 1. The van der Waals surface area contributed by atoms with Gasteiger partial charge in [-0.1, -0.05) is 52.3 Å². The van der Waals surface area contributed by atoms with Crippen LogP contribution in [0.2, 0.25) is 0 Å². The molecule has 1 heterocycles. The standard InChI is InChI=1S/C21H13Br2N3O2/c22-13-10-11-18(17(23)12-13)24-20(27)19-15-8-4-5-9-16(15)21(28)26(25-19)14-6-2-1-3-7-14/h1-12H,(H,24,27). The molecule has 0 aliphatic heterocycles. The van der Waals surface area contributed by atoms with Crippen LogP contribution >= 0.6 is 31.9 Å². The van der Waals surface area contributed by atoms with Crippen LogP contribution in [0.15, 0.2) is 86.5 Å². The summed E-state index contributed by atoms with van der Waals surface area (Å²) in [4.78, 5) is 25.9. The van der Waals surface area contributed by atoms with E-state index in [1.807, 2.05) is 30.3 Å². The molecule has 0 atom stereocenters. The monoisotopic (exact) mass is 497 g/mol. The van der Waals surface area contributed by atoms with E-state index in [1.54, 1.807) is 42.5 Å². The lowest BCUT2D eigenvalue weighted by Crippen LogP contribution is -2.26. The van der Waals surface area contributed by atoms with Gasteiger partial charge in [-0.15, -0.1) is 0 Å². The molecular weight excluding hydrogens is 486 g/mol. The first-order chi connectivity index (χ1) is 13.5. The second kappa shape index (κ2) is 7.69. The summed E-state index contributed by atoms with van der Waals surface area (Å²) >= 11 is 6.83. The lowest BCUT2D eigenvalue weighted by molar-refractivity contribution is 0.102. The Hall–Kier alpha value is -2.77. The molecule has 0 unspecified atom stereocenters. The highest BCUT2D eigenvalue weighted by molar-refractivity contribution is 9.11. The zero-order valence-corrected chi connectivity index (χ0v) is 17.6. The zero-order chi connectivity index (χ0) is 19.7. The van der Waals surface area contributed by atoms with E-state index in [4.69, 9.17) is 0 Å². The number of nitrogens with one attached hydrogen (secondary N) is 1. The van der Waals surface area contributed by atoms with Gasteiger partial charge in [0.1, 0.15) is 0 Å². The summed E-state index contributed by atoms with van der Waals surface area (Å²) < 4.78 is 2.88. The van der Waals surface area contributed by atoms with Gasteiger partial charge in [-0.05, 0) is 52.3 Å². The van der Waals surface area contributed by atoms with Crippen LogP contribution in [0.5, 0.6) is 0 Å². The maximum Gasteiger partial charge on any atom is 0.279 e. The van der Waals surface area contributed by atoms with E-state index in [9.17, 15) is 9.59 Å². The molecule has 7 heteroatoms. The summed E-state index contributed by atoms with van der Waals surface area (Å²) in [6.07, 6.45) is 0. The second-order valence-electron chi connectivity index (χ2n) is 6.02. The molecule has 28 heavy (non-hydrogen) atoms. The zero-order valence-electron chi connectivity index (χ0n) is 14.4. The number of amides is 1. The van der Waals surface area contributed by atoms with Gasteiger partial charge in [0.2, 0.25) is 0 Å². The average Bonchev–Trinajstić information content (AvgIpc) is 2.71. The van der Waals surface area contributed by atoms with Crippen molar-refractivity contribution in [3.8, 4) is 5.69 Å². The van der Waals surface area contributed by atoms with Crippen LogP contribution in [0.25, 0.3) is 16.5 Å². The Morgan fingerprint density at radius 2 is 1.57 bits per heavy atom. The Kier molecular flexibility index (Phi) is 5.11. The third-order valence-corrected chi connectivity index (χ3v) is 5.35. The Morgan fingerprint density at radius 1 is 0.893 bits per heavy atom. The van der Waals surface area contributed by atoms with Gasteiger partial charge >= 0.3 is 0 Å². The predicted molar refractivity (Wildman–Crippen MR) is 117 cm³/mol. The number of anilines is 1. The third kappa shape index (κ3) is 3.50. The molecule has 0 bridgehead atoms. The van der Waals surface area contributed by atoms with Crippen LogP contribution in [0, 0.1) is 0 Å². The van der Waals surface area contributed by atoms with Crippen molar-refractivity contribution >= 4 is 54.2 Å². The summed E-state index contributed by atoms with van der Waals surface area (Å²) in [7, 11) is 0. The van der Waals surface area contributed by atoms with E-state index < -0.39 is 5.91 Å². The first-order valence-electron chi connectivity index (χ1n) is 8.38. The van der Waals surface area contributed by atoms with Crippen molar-refractivity contribution in [2.45, 2.75) is 0 Å². The maximum absolute atomic E-state index is 13.0. The summed E-state index contributed by atoms with van der Waals surface area (Å²) in [6, 6.07) is 21.5. The highest BCUT2D eigenvalue weighted by atomic mass is 79.9. The van der Waals surface area contributed by atoms with Gasteiger partial charge in [0.05, 0.1) is 16.8 Å². The van der Waals surface area contributed by atoms with E-state index in [2.05, 4.69) is 42.3 Å². The number of para-hydroxylation sites is 1. The van der Waals surface area contributed by atoms with E-state index in [-0.39, 0.29) is 11.3 Å². The van der Waals surface area contributed by atoms with Gasteiger partial charge in [0.25, 0.3) is 11.5 Å². The van der Waals surface area contributed by atoms with Gasteiger partial charge in [0, 0.05) is 14.3 Å². The summed E-state index contributed by atoms with van der Waals surface area (Å²) in [5, 5.41) is 8.18. The predicted octanol–water partition coefficient (Wildman–Crippen LogP) is 5.16. The number of fused-ring (bicyclic) bond motifs is 1. The first kappa shape index (κ1) is 18.6. The van der Waals surface area contributed by atoms with Crippen molar-refractivity contribution < 1.29 is 4.79 Å². The molecule has 5 nitrogen and oxygen atoms in total. The topological polar surface area (TPSA) is 64.0 Å². The van der Waals surface area contributed by atoms with E-state index in [0.29, 0.717) is 22.1 Å². The molecule has 0 fully saturated rings. The largest absolute Gasteiger partial charge is 0.320 e. The number of halogens is 2. The highest BCUT2D eigenvalue weighted by Gasteiger charge is 2.18. The molecule has 0 aliphatic rings. The van der Waals surface area contributed by atoms with E-state index >= 15 is 0 Å². The van der Waals surface area contributed by atoms with Crippen molar-refractivity contribution in [3.63, 3.8) is 0 Å². The highest BCUT2D eigenvalue weighted by Crippen LogP contribution is 2.27. The molecule has 1 amide bonds. The van der Waals surface area contributed by atoms with Crippen LogP contribution in [-0.2, 0) is 0 Å². The summed E-state index contributed by atoms with van der Waals surface area (Å²) in [5.41, 5.74) is 1.10. The van der Waals surface area contributed by atoms with Crippen LogP contribution in [-0.4, -0.2) is 15.7 Å². The lowest BCUT2D eigenvalue weighted by atomic mass is 10.1. The van der Waals surface area contributed by atoms with Crippen LogP contribution in [0.3, 0.4) is 0 Å².